The predicted molar refractivity (Wildman–Crippen MR) is 92.7 cm³/mol. The molecule has 1 atom stereocenters. The van der Waals surface area contributed by atoms with Crippen molar-refractivity contribution in [3.05, 3.63) is 42.2 Å². The van der Waals surface area contributed by atoms with Gasteiger partial charge in [0.1, 0.15) is 12.7 Å². The van der Waals surface area contributed by atoms with Crippen LogP contribution in [0.3, 0.4) is 0 Å². The molecule has 1 unspecified atom stereocenters. The molecule has 0 aliphatic rings. The van der Waals surface area contributed by atoms with Gasteiger partial charge in [-0.15, -0.1) is 0 Å². The second-order valence-electron chi connectivity index (χ2n) is 6.19. The standard InChI is InChI=1S/C17H24N6O/c1-13-6-16-17(7-14(13)2)22(12-20-16)9-15(24)8-18-4-3-5-23-11-19-10-21-23/h6-7,10-12,15,18,24H,3-5,8-9H2,1-2H3. The summed E-state index contributed by atoms with van der Waals surface area (Å²) in [5, 5.41) is 17.6. The average molecular weight is 328 g/mol. The maximum absolute atomic E-state index is 10.2. The van der Waals surface area contributed by atoms with Gasteiger partial charge in [0.05, 0.1) is 30.0 Å². The van der Waals surface area contributed by atoms with Crippen LogP contribution >= 0.6 is 0 Å². The van der Waals surface area contributed by atoms with Gasteiger partial charge in [-0.25, -0.2) is 9.97 Å². The van der Waals surface area contributed by atoms with Crippen molar-refractivity contribution in [2.24, 2.45) is 0 Å². The molecule has 0 bridgehead atoms. The van der Waals surface area contributed by atoms with Crippen molar-refractivity contribution in [3.63, 3.8) is 0 Å². The molecule has 0 aliphatic heterocycles. The lowest BCUT2D eigenvalue weighted by Crippen LogP contribution is -2.31. The highest BCUT2D eigenvalue weighted by atomic mass is 16.3. The molecule has 0 fully saturated rings. The van der Waals surface area contributed by atoms with Crippen molar-refractivity contribution in [2.45, 2.75) is 39.5 Å². The van der Waals surface area contributed by atoms with Gasteiger partial charge < -0.3 is 15.0 Å². The second-order valence-corrected chi connectivity index (χ2v) is 6.19. The minimum Gasteiger partial charge on any atom is -0.390 e. The Hall–Kier alpha value is -2.25. The summed E-state index contributed by atoms with van der Waals surface area (Å²) in [4.78, 5) is 8.34. The van der Waals surface area contributed by atoms with E-state index in [9.17, 15) is 5.11 Å². The minimum absolute atomic E-state index is 0.449. The number of nitrogens with one attached hydrogen (secondary N) is 1. The van der Waals surface area contributed by atoms with Crippen molar-refractivity contribution in [1.82, 2.24) is 29.6 Å². The van der Waals surface area contributed by atoms with Crippen LogP contribution in [0, 0.1) is 13.8 Å². The molecule has 0 saturated carbocycles. The number of aliphatic hydroxyl groups excluding tert-OH is 1. The molecule has 128 valence electrons. The zero-order chi connectivity index (χ0) is 16.9. The van der Waals surface area contributed by atoms with Crippen LogP contribution in [0.4, 0.5) is 0 Å². The van der Waals surface area contributed by atoms with Gasteiger partial charge in [-0.2, -0.15) is 5.10 Å². The van der Waals surface area contributed by atoms with Crippen LogP contribution in [0.5, 0.6) is 0 Å². The van der Waals surface area contributed by atoms with E-state index in [-0.39, 0.29) is 0 Å². The van der Waals surface area contributed by atoms with E-state index in [0.717, 1.165) is 30.5 Å². The monoisotopic (exact) mass is 328 g/mol. The molecule has 0 aliphatic carbocycles. The highest BCUT2D eigenvalue weighted by Gasteiger charge is 2.09. The van der Waals surface area contributed by atoms with Crippen LogP contribution in [0.1, 0.15) is 17.5 Å². The number of benzene rings is 1. The van der Waals surface area contributed by atoms with Gasteiger partial charge in [-0.3, -0.25) is 4.68 Å². The molecule has 2 aromatic heterocycles. The zero-order valence-electron chi connectivity index (χ0n) is 14.2. The first-order valence-electron chi connectivity index (χ1n) is 8.27. The number of hydrogen-bond donors (Lipinski definition) is 2. The third kappa shape index (κ3) is 3.98. The summed E-state index contributed by atoms with van der Waals surface area (Å²) in [6.45, 7) is 6.94. The number of fused-ring (bicyclic) bond motifs is 1. The van der Waals surface area contributed by atoms with Gasteiger partial charge in [-0.05, 0) is 50.1 Å². The number of hydrogen-bond acceptors (Lipinski definition) is 5. The Labute approximate surface area is 141 Å². The number of imidazole rings is 1. The lowest BCUT2D eigenvalue weighted by Gasteiger charge is -2.13. The van der Waals surface area contributed by atoms with E-state index in [1.807, 2.05) is 4.57 Å². The summed E-state index contributed by atoms with van der Waals surface area (Å²) in [5.74, 6) is 0. The average Bonchev–Trinajstić information content (AvgIpc) is 3.19. The van der Waals surface area contributed by atoms with Crippen molar-refractivity contribution in [3.8, 4) is 0 Å². The summed E-state index contributed by atoms with van der Waals surface area (Å²) in [7, 11) is 0. The first-order chi connectivity index (χ1) is 11.6. The Balaban J connectivity index is 1.46. The Morgan fingerprint density at radius 2 is 2.04 bits per heavy atom. The van der Waals surface area contributed by atoms with Crippen LogP contribution in [0.2, 0.25) is 0 Å². The molecular formula is C17H24N6O. The van der Waals surface area contributed by atoms with E-state index in [1.54, 1.807) is 17.3 Å². The Morgan fingerprint density at radius 1 is 1.21 bits per heavy atom. The van der Waals surface area contributed by atoms with Crippen LogP contribution in [0.25, 0.3) is 11.0 Å². The third-order valence-corrected chi connectivity index (χ3v) is 4.23. The number of aryl methyl sites for hydroxylation is 3. The van der Waals surface area contributed by atoms with Gasteiger partial charge in [-0.1, -0.05) is 0 Å². The van der Waals surface area contributed by atoms with Gasteiger partial charge in [0.25, 0.3) is 0 Å². The fourth-order valence-electron chi connectivity index (χ4n) is 2.73. The molecule has 2 heterocycles. The van der Waals surface area contributed by atoms with E-state index in [2.05, 4.69) is 46.4 Å². The lowest BCUT2D eigenvalue weighted by atomic mass is 10.1. The molecule has 3 rings (SSSR count). The van der Waals surface area contributed by atoms with Crippen LogP contribution in [0.15, 0.2) is 31.1 Å². The van der Waals surface area contributed by atoms with Crippen molar-refractivity contribution >= 4 is 11.0 Å². The molecule has 0 saturated heterocycles. The molecular weight excluding hydrogens is 304 g/mol. The fourth-order valence-corrected chi connectivity index (χ4v) is 2.73. The summed E-state index contributed by atoms with van der Waals surface area (Å²) in [6, 6.07) is 4.23. The molecule has 1 aromatic carbocycles. The van der Waals surface area contributed by atoms with Crippen molar-refractivity contribution in [1.29, 1.82) is 0 Å². The Kier molecular flexibility index (Phi) is 5.22. The Bertz CT molecular complexity index is 780. The molecule has 0 spiro atoms. The SMILES string of the molecule is Cc1cc2ncn(CC(O)CNCCCn3cncn3)c2cc1C. The highest BCUT2D eigenvalue weighted by Crippen LogP contribution is 2.18. The number of nitrogens with zero attached hydrogens (tertiary/aromatic N) is 5. The van der Waals surface area contributed by atoms with Crippen LogP contribution in [-0.4, -0.2) is 48.6 Å². The third-order valence-electron chi connectivity index (χ3n) is 4.23. The van der Waals surface area contributed by atoms with E-state index >= 15 is 0 Å². The highest BCUT2D eigenvalue weighted by molar-refractivity contribution is 5.77. The number of rotatable bonds is 8. The van der Waals surface area contributed by atoms with Crippen LogP contribution < -0.4 is 5.32 Å². The van der Waals surface area contributed by atoms with Crippen molar-refractivity contribution < 1.29 is 5.11 Å². The van der Waals surface area contributed by atoms with E-state index < -0.39 is 6.10 Å². The fraction of sp³-hybridized carbons (Fsp3) is 0.471. The maximum Gasteiger partial charge on any atom is 0.137 e. The van der Waals surface area contributed by atoms with Gasteiger partial charge in [0.2, 0.25) is 0 Å². The lowest BCUT2D eigenvalue weighted by molar-refractivity contribution is 0.152. The summed E-state index contributed by atoms with van der Waals surface area (Å²) in [6.07, 6.45) is 5.55. The topological polar surface area (TPSA) is 80.8 Å². The quantitative estimate of drug-likeness (QED) is 0.609. The van der Waals surface area contributed by atoms with Gasteiger partial charge >= 0.3 is 0 Å². The maximum atomic E-state index is 10.2. The molecule has 3 aromatic rings. The molecule has 0 radical (unpaired) electrons. The normalized spacial score (nSPS) is 12.8. The first-order valence-corrected chi connectivity index (χ1v) is 8.27. The van der Waals surface area contributed by atoms with Crippen LogP contribution in [-0.2, 0) is 13.1 Å². The second kappa shape index (κ2) is 7.55. The smallest absolute Gasteiger partial charge is 0.137 e. The predicted octanol–water partition coefficient (Wildman–Crippen LogP) is 1.29. The molecule has 7 heteroatoms. The summed E-state index contributed by atoms with van der Waals surface area (Å²) < 4.78 is 3.82. The first kappa shape index (κ1) is 16.6. The van der Waals surface area contributed by atoms with Gasteiger partial charge in [0, 0.05) is 13.1 Å². The van der Waals surface area contributed by atoms with E-state index in [4.69, 9.17) is 0 Å². The molecule has 2 N–H and O–H groups in total. The van der Waals surface area contributed by atoms with Gasteiger partial charge in [0.15, 0.2) is 0 Å². The van der Waals surface area contributed by atoms with Crippen molar-refractivity contribution in [2.75, 3.05) is 13.1 Å². The zero-order valence-corrected chi connectivity index (χ0v) is 14.2. The number of aromatic nitrogens is 5. The molecule has 24 heavy (non-hydrogen) atoms. The van der Waals surface area contributed by atoms with E-state index in [0.29, 0.717) is 13.1 Å². The molecule has 0 amide bonds. The minimum atomic E-state index is -0.449. The molecule has 7 nitrogen and oxygen atoms in total. The largest absolute Gasteiger partial charge is 0.390 e. The van der Waals surface area contributed by atoms with E-state index in [1.165, 1.54) is 17.5 Å². The Morgan fingerprint density at radius 3 is 2.83 bits per heavy atom. The summed E-state index contributed by atoms with van der Waals surface area (Å²) in [5.41, 5.74) is 4.53. The number of aliphatic hydroxyl groups is 1. The summed E-state index contributed by atoms with van der Waals surface area (Å²) >= 11 is 0.